The Morgan fingerprint density at radius 3 is 2.46 bits per heavy atom. The lowest BCUT2D eigenvalue weighted by molar-refractivity contribution is -0.117. The van der Waals surface area contributed by atoms with Crippen LogP contribution in [0.2, 0.25) is 0 Å². The van der Waals surface area contributed by atoms with Crippen LogP contribution in [0.15, 0.2) is 54.7 Å². The second-order valence-corrected chi connectivity index (χ2v) is 7.23. The predicted octanol–water partition coefficient (Wildman–Crippen LogP) is 2.87. The zero-order valence-electron chi connectivity index (χ0n) is 15.9. The smallest absolute Gasteiger partial charge is 0.256 e. The van der Waals surface area contributed by atoms with Crippen molar-refractivity contribution in [3.63, 3.8) is 0 Å². The maximum absolute atomic E-state index is 12.9. The average molecular weight is 376 g/mol. The lowest BCUT2D eigenvalue weighted by atomic mass is 10.1. The number of amides is 2. The first-order chi connectivity index (χ1) is 13.6. The number of nitrogens with zero attached hydrogens (tertiary/aromatic N) is 2. The van der Waals surface area contributed by atoms with Crippen LogP contribution in [0, 0.1) is 6.92 Å². The van der Waals surface area contributed by atoms with Crippen LogP contribution in [0.4, 0.5) is 5.69 Å². The molecule has 1 aliphatic heterocycles. The zero-order chi connectivity index (χ0) is 19.5. The van der Waals surface area contributed by atoms with E-state index in [0.717, 1.165) is 22.2 Å². The summed E-state index contributed by atoms with van der Waals surface area (Å²) in [5.41, 5.74) is 3.65. The minimum Gasteiger partial charge on any atom is -0.360 e. The molecule has 6 heteroatoms. The molecule has 1 saturated heterocycles. The number of fused-ring (bicyclic) bond motifs is 1. The lowest BCUT2D eigenvalue weighted by Gasteiger charge is -2.34. The third kappa shape index (κ3) is 3.92. The summed E-state index contributed by atoms with van der Waals surface area (Å²) < 4.78 is 0. The van der Waals surface area contributed by atoms with Crippen molar-refractivity contribution >= 4 is 28.4 Å². The number of anilines is 1. The Bertz CT molecular complexity index is 985. The third-order valence-electron chi connectivity index (χ3n) is 5.18. The number of carbonyl (C=O) groups excluding carboxylic acids is 2. The van der Waals surface area contributed by atoms with Crippen molar-refractivity contribution in [3.05, 3.63) is 65.9 Å². The van der Waals surface area contributed by atoms with Gasteiger partial charge in [-0.15, -0.1) is 0 Å². The number of piperazine rings is 1. The molecule has 0 unspecified atom stereocenters. The minimum absolute atomic E-state index is 0.0275. The van der Waals surface area contributed by atoms with Gasteiger partial charge in [0.25, 0.3) is 5.91 Å². The lowest BCUT2D eigenvalue weighted by Crippen LogP contribution is -2.50. The fourth-order valence-corrected chi connectivity index (χ4v) is 3.57. The molecular weight excluding hydrogens is 352 g/mol. The highest BCUT2D eigenvalue weighted by Crippen LogP contribution is 2.20. The Labute approximate surface area is 164 Å². The van der Waals surface area contributed by atoms with E-state index in [9.17, 15) is 9.59 Å². The number of rotatable bonds is 4. The number of aromatic amines is 1. The molecule has 1 fully saturated rings. The van der Waals surface area contributed by atoms with Gasteiger partial charge in [-0.25, -0.2) is 0 Å². The Hall–Kier alpha value is -3.12. The maximum atomic E-state index is 12.9. The molecule has 144 valence electrons. The highest BCUT2D eigenvalue weighted by molar-refractivity contribution is 6.06. The fourth-order valence-electron chi connectivity index (χ4n) is 3.57. The normalized spacial score (nSPS) is 15.0. The molecular formula is C22H24N4O2. The summed E-state index contributed by atoms with van der Waals surface area (Å²) in [6.07, 6.45) is 1.79. The van der Waals surface area contributed by atoms with Gasteiger partial charge in [-0.1, -0.05) is 35.9 Å². The summed E-state index contributed by atoms with van der Waals surface area (Å²) >= 11 is 0. The summed E-state index contributed by atoms with van der Waals surface area (Å²) in [6.45, 7) is 4.97. The molecule has 0 saturated carbocycles. The molecule has 2 aromatic carbocycles. The van der Waals surface area contributed by atoms with Gasteiger partial charge in [0.05, 0.1) is 12.1 Å². The number of benzene rings is 2. The predicted molar refractivity (Wildman–Crippen MR) is 110 cm³/mol. The van der Waals surface area contributed by atoms with Crippen LogP contribution in [-0.4, -0.2) is 59.3 Å². The van der Waals surface area contributed by atoms with Gasteiger partial charge < -0.3 is 15.2 Å². The van der Waals surface area contributed by atoms with E-state index in [1.54, 1.807) is 6.20 Å². The van der Waals surface area contributed by atoms with Gasteiger partial charge in [0.15, 0.2) is 0 Å². The molecule has 4 rings (SSSR count). The van der Waals surface area contributed by atoms with Crippen molar-refractivity contribution < 1.29 is 9.59 Å². The standard InChI is InChI=1S/C22H24N4O2/c1-16-6-8-17(9-7-16)24-21(27)15-25-10-12-26(13-11-25)22(28)19-14-23-20-5-3-2-4-18(19)20/h2-9,14,23H,10-13,15H2,1H3,(H,24,27). The van der Waals surface area contributed by atoms with Crippen molar-refractivity contribution in [2.75, 3.05) is 38.0 Å². The molecule has 1 aliphatic rings. The summed E-state index contributed by atoms with van der Waals surface area (Å²) in [5.74, 6) is 0.0152. The zero-order valence-corrected chi connectivity index (χ0v) is 15.9. The third-order valence-corrected chi connectivity index (χ3v) is 5.18. The first-order valence-electron chi connectivity index (χ1n) is 9.54. The average Bonchev–Trinajstić information content (AvgIpc) is 3.14. The molecule has 2 amide bonds. The second kappa shape index (κ2) is 7.86. The van der Waals surface area contributed by atoms with Gasteiger partial charge in [0.1, 0.15) is 0 Å². The maximum Gasteiger partial charge on any atom is 0.256 e. The SMILES string of the molecule is Cc1ccc(NC(=O)CN2CCN(C(=O)c3c[nH]c4ccccc34)CC2)cc1. The van der Waals surface area contributed by atoms with Crippen molar-refractivity contribution in [2.24, 2.45) is 0 Å². The van der Waals surface area contributed by atoms with Crippen LogP contribution in [0.5, 0.6) is 0 Å². The van der Waals surface area contributed by atoms with Crippen molar-refractivity contribution in [1.29, 1.82) is 0 Å². The molecule has 0 bridgehead atoms. The first kappa shape index (κ1) is 18.3. The number of carbonyl (C=O) groups is 2. The van der Waals surface area contributed by atoms with Gasteiger partial charge in [0, 0.05) is 49.0 Å². The Balaban J connectivity index is 1.31. The van der Waals surface area contributed by atoms with Crippen LogP contribution in [0.25, 0.3) is 10.9 Å². The van der Waals surface area contributed by atoms with Gasteiger partial charge in [0.2, 0.25) is 5.91 Å². The second-order valence-electron chi connectivity index (χ2n) is 7.23. The van der Waals surface area contributed by atoms with E-state index in [2.05, 4.69) is 15.2 Å². The summed E-state index contributed by atoms with van der Waals surface area (Å²) in [4.78, 5) is 32.3. The van der Waals surface area contributed by atoms with Gasteiger partial charge in [-0.05, 0) is 25.1 Å². The quantitative estimate of drug-likeness (QED) is 0.736. The van der Waals surface area contributed by atoms with Gasteiger partial charge >= 0.3 is 0 Å². The summed E-state index contributed by atoms with van der Waals surface area (Å²) in [5, 5.41) is 3.88. The van der Waals surface area contributed by atoms with Crippen LogP contribution in [0.3, 0.4) is 0 Å². The molecule has 3 aromatic rings. The Kier molecular flexibility index (Phi) is 5.12. The minimum atomic E-state index is -0.0275. The highest BCUT2D eigenvalue weighted by Gasteiger charge is 2.24. The topological polar surface area (TPSA) is 68.4 Å². The van der Waals surface area contributed by atoms with Crippen LogP contribution in [0.1, 0.15) is 15.9 Å². The van der Waals surface area contributed by atoms with Crippen LogP contribution >= 0.6 is 0 Å². The molecule has 0 radical (unpaired) electrons. The fraction of sp³-hybridized carbons (Fsp3) is 0.273. The molecule has 2 N–H and O–H groups in total. The molecule has 28 heavy (non-hydrogen) atoms. The molecule has 0 atom stereocenters. The Morgan fingerprint density at radius 1 is 1.00 bits per heavy atom. The number of H-pyrrole nitrogens is 1. The van der Waals surface area contributed by atoms with Gasteiger partial charge in [-0.3, -0.25) is 14.5 Å². The van der Waals surface area contributed by atoms with E-state index in [1.165, 1.54) is 0 Å². The highest BCUT2D eigenvalue weighted by atomic mass is 16.2. The molecule has 0 spiro atoms. The van der Waals surface area contributed by atoms with Crippen molar-refractivity contribution in [3.8, 4) is 0 Å². The number of para-hydroxylation sites is 1. The van der Waals surface area contributed by atoms with Crippen LogP contribution < -0.4 is 5.32 Å². The summed E-state index contributed by atoms with van der Waals surface area (Å²) in [6, 6.07) is 15.6. The number of hydrogen-bond acceptors (Lipinski definition) is 3. The number of hydrogen-bond donors (Lipinski definition) is 2. The molecule has 0 aliphatic carbocycles. The largest absolute Gasteiger partial charge is 0.360 e. The van der Waals surface area contributed by atoms with Crippen molar-refractivity contribution in [2.45, 2.75) is 6.92 Å². The van der Waals surface area contributed by atoms with E-state index in [0.29, 0.717) is 38.3 Å². The number of aryl methyl sites for hydroxylation is 1. The van der Waals surface area contributed by atoms with E-state index >= 15 is 0 Å². The van der Waals surface area contributed by atoms with E-state index < -0.39 is 0 Å². The van der Waals surface area contributed by atoms with E-state index in [4.69, 9.17) is 0 Å². The number of nitrogens with one attached hydrogen (secondary N) is 2. The number of aromatic nitrogens is 1. The van der Waals surface area contributed by atoms with E-state index in [-0.39, 0.29) is 11.8 Å². The molecule has 6 nitrogen and oxygen atoms in total. The van der Waals surface area contributed by atoms with Gasteiger partial charge in [-0.2, -0.15) is 0 Å². The molecule has 2 heterocycles. The Morgan fingerprint density at radius 2 is 1.71 bits per heavy atom. The first-order valence-corrected chi connectivity index (χ1v) is 9.54. The van der Waals surface area contributed by atoms with E-state index in [1.807, 2.05) is 60.4 Å². The summed E-state index contributed by atoms with van der Waals surface area (Å²) in [7, 11) is 0. The monoisotopic (exact) mass is 376 g/mol. The van der Waals surface area contributed by atoms with Crippen molar-refractivity contribution in [1.82, 2.24) is 14.8 Å². The van der Waals surface area contributed by atoms with Crippen LogP contribution in [-0.2, 0) is 4.79 Å². The molecule has 1 aromatic heterocycles.